The van der Waals surface area contributed by atoms with Gasteiger partial charge in [0.2, 0.25) is 0 Å². The van der Waals surface area contributed by atoms with Gasteiger partial charge in [-0.15, -0.1) is 0 Å². The predicted molar refractivity (Wildman–Crippen MR) is 103 cm³/mol. The minimum absolute atomic E-state index is 0.0783. The third-order valence-electron chi connectivity index (χ3n) is 5.13. The molecule has 1 aliphatic heterocycles. The van der Waals surface area contributed by atoms with Crippen molar-refractivity contribution in [1.29, 1.82) is 0 Å². The number of carbonyl (C=O) groups is 1. The maximum atomic E-state index is 14.5. The first-order valence-corrected chi connectivity index (χ1v) is 9.50. The molecule has 30 heavy (non-hydrogen) atoms. The van der Waals surface area contributed by atoms with Gasteiger partial charge >= 0.3 is 5.97 Å². The molecule has 0 amide bonds. The van der Waals surface area contributed by atoms with Crippen molar-refractivity contribution in [1.82, 2.24) is 14.3 Å². The number of aromatic nitrogens is 2. The number of fused-ring (bicyclic) bond motifs is 1. The number of aliphatic carboxylic acids is 1. The van der Waals surface area contributed by atoms with E-state index < -0.39 is 29.0 Å². The van der Waals surface area contributed by atoms with Crippen LogP contribution >= 0.6 is 0 Å². The number of morpholine rings is 1. The number of halogens is 3. The number of benzene rings is 1. The molecule has 6 nitrogen and oxygen atoms in total. The number of hydrogen-bond donors (Lipinski definition) is 1. The average molecular weight is 419 g/mol. The van der Waals surface area contributed by atoms with Gasteiger partial charge in [-0.05, 0) is 24.6 Å². The van der Waals surface area contributed by atoms with E-state index in [0.717, 1.165) is 5.56 Å². The molecule has 158 valence electrons. The van der Waals surface area contributed by atoms with Crippen LogP contribution in [0.2, 0.25) is 0 Å². The van der Waals surface area contributed by atoms with E-state index in [-0.39, 0.29) is 24.8 Å². The number of aryl methyl sites for hydroxylation is 1. The molecular weight excluding hydrogens is 399 g/mol. The van der Waals surface area contributed by atoms with Crippen molar-refractivity contribution < 1.29 is 27.8 Å². The van der Waals surface area contributed by atoms with Crippen LogP contribution in [0.4, 0.5) is 13.2 Å². The predicted octanol–water partition coefficient (Wildman–Crippen LogP) is 3.05. The van der Waals surface area contributed by atoms with Gasteiger partial charge in [-0.1, -0.05) is 0 Å². The number of nitrogens with zero attached hydrogens (tertiary/aromatic N) is 3. The van der Waals surface area contributed by atoms with Gasteiger partial charge in [-0.25, -0.2) is 18.2 Å². The van der Waals surface area contributed by atoms with Gasteiger partial charge in [0, 0.05) is 37.8 Å². The highest BCUT2D eigenvalue weighted by Gasteiger charge is 2.27. The smallest absolute Gasteiger partial charge is 0.317 e. The van der Waals surface area contributed by atoms with E-state index in [9.17, 15) is 18.0 Å². The van der Waals surface area contributed by atoms with Crippen LogP contribution < -0.4 is 0 Å². The van der Waals surface area contributed by atoms with Crippen LogP contribution in [-0.2, 0) is 16.0 Å². The monoisotopic (exact) mass is 419 g/mol. The molecule has 0 aliphatic carbocycles. The molecule has 3 heterocycles. The van der Waals surface area contributed by atoms with Crippen molar-refractivity contribution in [2.24, 2.45) is 0 Å². The normalized spacial score (nSPS) is 17.5. The standard InChI is InChI=1S/C21H20F3N3O3/c1-12-2-3-27-17(9-14-10-26(4-5-30-14)11-19(28)29)21(25-18(27)6-12)20-15(23)7-13(22)8-16(20)24/h2-3,6-8,14H,4-5,9-11H2,1H3,(H,28,29)/t14-/m0/s1. The van der Waals surface area contributed by atoms with Crippen molar-refractivity contribution in [2.45, 2.75) is 19.4 Å². The first-order valence-electron chi connectivity index (χ1n) is 9.50. The lowest BCUT2D eigenvalue weighted by molar-refractivity contribution is -0.140. The molecule has 0 spiro atoms. The summed E-state index contributed by atoms with van der Waals surface area (Å²) in [7, 11) is 0. The number of carboxylic acid groups (broad SMARTS) is 1. The van der Waals surface area contributed by atoms with Crippen molar-refractivity contribution >= 4 is 11.6 Å². The Hall–Kier alpha value is -2.91. The van der Waals surface area contributed by atoms with Gasteiger partial charge in [0.25, 0.3) is 0 Å². The molecule has 1 N–H and O–H groups in total. The van der Waals surface area contributed by atoms with Gasteiger partial charge in [0.15, 0.2) is 0 Å². The summed E-state index contributed by atoms with van der Waals surface area (Å²) in [6.07, 6.45) is 1.63. The molecular formula is C21H20F3N3O3. The summed E-state index contributed by atoms with van der Waals surface area (Å²) in [5, 5.41) is 9.04. The fourth-order valence-corrected chi connectivity index (χ4v) is 3.82. The second-order valence-corrected chi connectivity index (χ2v) is 7.41. The van der Waals surface area contributed by atoms with Crippen LogP contribution in [0.1, 0.15) is 11.3 Å². The Balaban J connectivity index is 1.77. The van der Waals surface area contributed by atoms with Gasteiger partial charge in [0.1, 0.15) is 23.1 Å². The minimum atomic E-state index is -1.04. The zero-order chi connectivity index (χ0) is 21.4. The van der Waals surface area contributed by atoms with Gasteiger partial charge in [-0.2, -0.15) is 0 Å². The number of imidazole rings is 1. The van der Waals surface area contributed by atoms with E-state index in [1.165, 1.54) is 0 Å². The Kier molecular flexibility index (Phi) is 5.48. The Bertz CT molecular complexity index is 1090. The van der Waals surface area contributed by atoms with Gasteiger partial charge < -0.3 is 14.2 Å². The van der Waals surface area contributed by atoms with Crippen molar-refractivity contribution in [3.63, 3.8) is 0 Å². The van der Waals surface area contributed by atoms with Crippen LogP contribution in [0.3, 0.4) is 0 Å². The zero-order valence-corrected chi connectivity index (χ0v) is 16.2. The highest BCUT2D eigenvalue weighted by atomic mass is 19.1. The number of carboxylic acids is 1. The zero-order valence-electron chi connectivity index (χ0n) is 16.2. The quantitative estimate of drug-likeness (QED) is 0.689. The maximum absolute atomic E-state index is 14.5. The lowest BCUT2D eigenvalue weighted by Gasteiger charge is -2.31. The molecule has 1 aliphatic rings. The minimum Gasteiger partial charge on any atom is -0.480 e. The van der Waals surface area contributed by atoms with Crippen LogP contribution in [0, 0.1) is 24.4 Å². The summed E-state index contributed by atoms with van der Waals surface area (Å²) in [6.45, 7) is 2.96. The molecule has 1 saturated heterocycles. The third-order valence-corrected chi connectivity index (χ3v) is 5.13. The lowest BCUT2D eigenvalue weighted by atomic mass is 10.0. The second-order valence-electron chi connectivity index (χ2n) is 7.41. The molecule has 1 atom stereocenters. The Labute approximate surface area is 170 Å². The Morgan fingerprint density at radius 2 is 2.00 bits per heavy atom. The van der Waals surface area contributed by atoms with Crippen molar-refractivity contribution in [3.8, 4) is 11.3 Å². The van der Waals surface area contributed by atoms with E-state index in [1.807, 2.05) is 13.0 Å². The summed E-state index contributed by atoms with van der Waals surface area (Å²) < 4.78 is 50.0. The number of ether oxygens (including phenoxy) is 1. The molecule has 4 rings (SSSR count). The number of pyridine rings is 1. The van der Waals surface area contributed by atoms with Crippen molar-refractivity contribution in [3.05, 3.63) is 59.2 Å². The summed E-state index contributed by atoms with van der Waals surface area (Å²) in [4.78, 5) is 17.2. The highest BCUT2D eigenvalue weighted by Crippen LogP contribution is 2.31. The highest BCUT2D eigenvalue weighted by molar-refractivity contribution is 5.69. The Morgan fingerprint density at radius 1 is 1.27 bits per heavy atom. The van der Waals surface area contributed by atoms with Crippen LogP contribution in [0.25, 0.3) is 16.9 Å². The van der Waals surface area contributed by atoms with E-state index in [0.29, 0.717) is 43.2 Å². The molecule has 1 aromatic carbocycles. The largest absolute Gasteiger partial charge is 0.480 e. The Morgan fingerprint density at radius 3 is 2.70 bits per heavy atom. The van der Waals surface area contributed by atoms with E-state index in [2.05, 4.69) is 4.98 Å². The van der Waals surface area contributed by atoms with Crippen LogP contribution in [-0.4, -0.2) is 57.7 Å². The molecule has 9 heteroatoms. The van der Waals surface area contributed by atoms with E-state index in [1.54, 1.807) is 21.6 Å². The van der Waals surface area contributed by atoms with E-state index in [4.69, 9.17) is 9.84 Å². The second kappa shape index (κ2) is 8.08. The number of rotatable bonds is 5. The summed E-state index contributed by atoms with van der Waals surface area (Å²) in [5.74, 6) is -4.01. The first-order chi connectivity index (χ1) is 14.3. The van der Waals surface area contributed by atoms with Crippen molar-refractivity contribution in [2.75, 3.05) is 26.2 Å². The SMILES string of the molecule is Cc1ccn2c(C[C@H]3CN(CC(=O)O)CCO3)c(-c3c(F)cc(F)cc3F)nc2c1. The van der Waals surface area contributed by atoms with E-state index >= 15 is 0 Å². The molecule has 0 unspecified atom stereocenters. The topological polar surface area (TPSA) is 67.1 Å². The molecule has 3 aromatic rings. The number of hydrogen-bond acceptors (Lipinski definition) is 4. The maximum Gasteiger partial charge on any atom is 0.317 e. The third kappa shape index (κ3) is 4.03. The average Bonchev–Trinajstić information content (AvgIpc) is 2.97. The molecule has 0 radical (unpaired) electrons. The lowest BCUT2D eigenvalue weighted by Crippen LogP contribution is -2.45. The molecule has 0 bridgehead atoms. The molecule has 1 fully saturated rings. The van der Waals surface area contributed by atoms with Crippen LogP contribution in [0.15, 0.2) is 30.5 Å². The summed E-state index contributed by atoms with van der Waals surface area (Å²) in [5.41, 5.74) is 1.62. The van der Waals surface area contributed by atoms with Gasteiger partial charge in [-0.3, -0.25) is 9.69 Å². The fourth-order valence-electron chi connectivity index (χ4n) is 3.82. The van der Waals surface area contributed by atoms with Gasteiger partial charge in [0.05, 0.1) is 36.2 Å². The fraction of sp³-hybridized carbons (Fsp3) is 0.333. The summed E-state index contributed by atoms with van der Waals surface area (Å²) in [6, 6.07) is 4.88. The molecule has 0 saturated carbocycles. The molecule has 2 aromatic heterocycles. The summed E-state index contributed by atoms with van der Waals surface area (Å²) >= 11 is 0. The van der Waals surface area contributed by atoms with Crippen LogP contribution in [0.5, 0.6) is 0 Å². The first kappa shape index (κ1) is 20.4.